The Hall–Kier alpha value is -3.57. The number of cyclic esters (lactones) is 1. The molecule has 3 aromatic rings. The molecule has 0 aromatic heterocycles. The lowest BCUT2D eigenvalue weighted by atomic mass is 10.1. The summed E-state index contributed by atoms with van der Waals surface area (Å²) in [7, 11) is 1.57. The van der Waals surface area contributed by atoms with E-state index in [1.165, 1.54) is 5.56 Å². The maximum Gasteiger partial charge on any atom is 0.363 e. The molecule has 1 heterocycles. The van der Waals surface area contributed by atoms with Crippen molar-refractivity contribution in [2.45, 2.75) is 13.5 Å². The quantitative estimate of drug-likeness (QED) is 0.376. The lowest BCUT2D eigenvalue weighted by molar-refractivity contribution is -0.129. The summed E-state index contributed by atoms with van der Waals surface area (Å²) in [5.74, 6) is 0.824. The Balaban J connectivity index is 1.55. The first kappa shape index (κ1) is 20.7. The summed E-state index contributed by atoms with van der Waals surface area (Å²) in [6, 6.07) is 20.6. The highest BCUT2D eigenvalue weighted by molar-refractivity contribution is 6.34. The van der Waals surface area contributed by atoms with Crippen LogP contribution in [0.2, 0.25) is 5.02 Å². The van der Waals surface area contributed by atoms with E-state index in [-0.39, 0.29) is 11.6 Å². The topological polar surface area (TPSA) is 57.1 Å². The van der Waals surface area contributed by atoms with Crippen molar-refractivity contribution >= 4 is 29.5 Å². The number of carbonyl (C=O) groups is 1. The summed E-state index contributed by atoms with van der Waals surface area (Å²) in [4.78, 5) is 16.6. The Labute approximate surface area is 185 Å². The molecule has 31 heavy (non-hydrogen) atoms. The summed E-state index contributed by atoms with van der Waals surface area (Å²) in [5, 5.41) is 0.465. The van der Waals surface area contributed by atoms with Crippen LogP contribution in [0.1, 0.15) is 22.3 Å². The maximum atomic E-state index is 12.3. The van der Waals surface area contributed by atoms with E-state index in [0.29, 0.717) is 28.7 Å². The number of aliphatic imine (C=N–C) groups is 1. The van der Waals surface area contributed by atoms with Crippen LogP contribution in [0.3, 0.4) is 0 Å². The van der Waals surface area contributed by atoms with Gasteiger partial charge in [0.1, 0.15) is 6.61 Å². The molecule has 0 N–H and O–H groups in total. The summed E-state index contributed by atoms with van der Waals surface area (Å²) >= 11 is 6.18. The van der Waals surface area contributed by atoms with Crippen molar-refractivity contribution < 1.29 is 19.0 Å². The van der Waals surface area contributed by atoms with E-state index in [2.05, 4.69) is 11.1 Å². The molecule has 6 heteroatoms. The molecule has 0 bridgehead atoms. The maximum absolute atomic E-state index is 12.3. The van der Waals surface area contributed by atoms with E-state index in [0.717, 1.165) is 11.1 Å². The van der Waals surface area contributed by atoms with Crippen LogP contribution in [0.5, 0.6) is 11.5 Å². The molecule has 0 saturated heterocycles. The average Bonchev–Trinajstić information content (AvgIpc) is 3.13. The zero-order chi connectivity index (χ0) is 21.8. The molecule has 4 rings (SSSR count). The molecule has 0 unspecified atom stereocenters. The summed E-state index contributed by atoms with van der Waals surface area (Å²) in [5.41, 5.74) is 3.73. The zero-order valence-electron chi connectivity index (χ0n) is 17.1. The fraction of sp³-hybridized carbons (Fsp3) is 0.120. The molecule has 0 spiro atoms. The van der Waals surface area contributed by atoms with Crippen LogP contribution in [0.25, 0.3) is 6.08 Å². The van der Waals surface area contributed by atoms with E-state index in [9.17, 15) is 4.79 Å². The number of hydrogen-bond donors (Lipinski definition) is 0. The van der Waals surface area contributed by atoms with Gasteiger partial charge in [-0.05, 0) is 48.4 Å². The Morgan fingerprint density at radius 2 is 1.87 bits per heavy atom. The van der Waals surface area contributed by atoms with Crippen LogP contribution in [0, 0.1) is 6.92 Å². The van der Waals surface area contributed by atoms with Gasteiger partial charge < -0.3 is 14.2 Å². The number of esters is 1. The summed E-state index contributed by atoms with van der Waals surface area (Å²) in [6.07, 6.45) is 1.64. The van der Waals surface area contributed by atoms with Crippen LogP contribution < -0.4 is 9.47 Å². The molecule has 1 aliphatic heterocycles. The minimum absolute atomic E-state index is 0.186. The van der Waals surface area contributed by atoms with Gasteiger partial charge in [-0.3, -0.25) is 0 Å². The molecule has 1 aliphatic rings. The first-order chi connectivity index (χ1) is 15.0. The minimum atomic E-state index is -0.534. The predicted octanol–water partition coefficient (Wildman–Crippen LogP) is 5.58. The highest BCUT2D eigenvalue weighted by atomic mass is 35.5. The van der Waals surface area contributed by atoms with Crippen molar-refractivity contribution in [3.63, 3.8) is 0 Å². The Bertz CT molecular complexity index is 1200. The zero-order valence-corrected chi connectivity index (χ0v) is 17.8. The van der Waals surface area contributed by atoms with Gasteiger partial charge in [0.25, 0.3) is 0 Å². The highest BCUT2D eigenvalue weighted by Crippen LogP contribution is 2.31. The van der Waals surface area contributed by atoms with Gasteiger partial charge in [-0.1, -0.05) is 59.6 Å². The standard InChI is InChI=1S/C25H20ClNO4/c1-16-6-5-7-18(12-16)15-30-22-11-10-17(14-23(22)29-2)13-21-25(28)31-24(27-21)19-8-3-4-9-20(19)26/h3-14H,15H2,1-2H3. The second-order valence-corrected chi connectivity index (χ2v) is 7.41. The van der Waals surface area contributed by atoms with E-state index in [4.69, 9.17) is 25.8 Å². The molecule has 0 radical (unpaired) electrons. The van der Waals surface area contributed by atoms with Crippen LogP contribution in [0.4, 0.5) is 0 Å². The van der Waals surface area contributed by atoms with E-state index < -0.39 is 5.97 Å². The Morgan fingerprint density at radius 3 is 2.65 bits per heavy atom. The third kappa shape index (κ3) is 4.78. The van der Waals surface area contributed by atoms with Crippen LogP contribution in [-0.4, -0.2) is 19.0 Å². The average molecular weight is 434 g/mol. The van der Waals surface area contributed by atoms with Gasteiger partial charge >= 0.3 is 5.97 Å². The van der Waals surface area contributed by atoms with E-state index >= 15 is 0 Å². The number of hydrogen-bond acceptors (Lipinski definition) is 5. The van der Waals surface area contributed by atoms with Crippen molar-refractivity contribution in [2.75, 3.05) is 7.11 Å². The van der Waals surface area contributed by atoms with Gasteiger partial charge in [0.05, 0.1) is 17.7 Å². The second-order valence-electron chi connectivity index (χ2n) is 7.00. The number of methoxy groups -OCH3 is 1. The molecule has 0 saturated carbocycles. The number of carbonyl (C=O) groups excluding carboxylic acids is 1. The number of aryl methyl sites for hydroxylation is 1. The lowest BCUT2D eigenvalue weighted by Gasteiger charge is -2.12. The largest absolute Gasteiger partial charge is 0.493 e. The number of ether oxygens (including phenoxy) is 3. The lowest BCUT2D eigenvalue weighted by Crippen LogP contribution is -2.05. The second kappa shape index (κ2) is 9.06. The third-order valence-corrected chi connectivity index (χ3v) is 5.02. The van der Waals surface area contributed by atoms with Crippen molar-refractivity contribution in [2.24, 2.45) is 4.99 Å². The Kier molecular flexibility index (Phi) is 6.05. The first-order valence-electron chi connectivity index (χ1n) is 9.67. The van der Waals surface area contributed by atoms with Crippen molar-refractivity contribution in [1.82, 2.24) is 0 Å². The van der Waals surface area contributed by atoms with Gasteiger partial charge in [0.15, 0.2) is 17.2 Å². The molecular weight excluding hydrogens is 414 g/mol. The van der Waals surface area contributed by atoms with Gasteiger partial charge in [0, 0.05) is 0 Å². The van der Waals surface area contributed by atoms with Gasteiger partial charge in [-0.2, -0.15) is 0 Å². The number of rotatable bonds is 6. The molecule has 0 atom stereocenters. The molecule has 156 valence electrons. The number of halogens is 1. The summed E-state index contributed by atoms with van der Waals surface area (Å²) in [6.45, 7) is 2.47. The molecule has 5 nitrogen and oxygen atoms in total. The smallest absolute Gasteiger partial charge is 0.363 e. The molecule has 0 amide bonds. The van der Waals surface area contributed by atoms with Gasteiger partial charge in [0.2, 0.25) is 5.90 Å². The highest BCUT2D eigenvalue weighted by Gasteiger charge is 2.25. The normalized spacial score (nSPS) is 14.4. The minimum Gasteiger partial charge on any atom is -0.493 e. The monoisotopic (exact) mass is 433 g/mol. The van der Waals surface area contributed by atoms with Crippen LogP contribution in [0.15, 0.2) is 77.4 Å². The van der Waals surface area contributed by atoms with Gasteiger partial charge in [-0.25, -0.2) is 9.79 Å². The van der Waals surface area contributed by atoms with E-state index in [1.807, 2.05) is 31.2 Å². The van der Waals surface area contributed by atoms with E-state index in [1.54, 1.807) is 49.6 Å². The number of nitrogens with zero attached hydrogens (tertiary/aromatic N) is 1. The van der Waals surface area contributed by atoms with Crippen LogP contribution >= 0.6 is 11.6 Å². The molecule has 3 aromatic carbocycles. The van der Waals surface area contributed by atoms with Crippen molar-refractivity contribution in [3.05, 3.63) is 99.7 Å². The summed E-state index contributed by atoms with van der Waals surface area (Å²) < 4.78 is 16.7. The van der Waals surface area contributed by atoms with Crippen molar-refractivity contribution in [3.8, 4) is 11.5 Å². The van der Waals surface area contributed by atoms with Crippen molar-refractivity contribution in [1.29, 1.82) is 0 Å². The predicted molar refractivity (Wildman–Crippen MR) is 121 cm³/mol. The molecule has 0 aliphatic carbocycles. The fourth-order valence-corrected chi connectivity index (χ4v) is 3.39. The van der Waals surface area contributed by atoms with Crippen LogP contribution in [-0.2, 0) is 16.1 Å². The molecular formula is C25H20ClNO4. The van der Waals surface area contributed by atoms with Gasteiger partial charge in [-0.15, -0.1) is 0 Å². The third-order valence-electron chi connectivity index (χ3n) is 4.69. The first-order valence-corrected chi connectivity index (χ1v) is 10.0. The molecule has 0 fully saturated rings. The Morgan fingerprint density at radius 1 is 1.03 bits per heavy atom. The fourth-order valence-electron chi connectivity index (χ4n) is 3.17. The number of benzene rings is 3. The SMILES string of the molecule is COc1cc(C=C2N=C(c3ccccc3Cl)OC2=O)ccc1OCc1cccc(C)c1.